The normalized spacial score (nSPS) is 16.0. The maximum Gasteiger partial charge on any atom is 0.231 e. The molecule has 0 radical (unpaired) electrons. The Labute approximate surface area is 193 Å². The highest BCUT2D eigenvalue weighted by atomic mass is 16.7. The summed E-state index contributed by atoms with van der Waals surface area (Å²) < 4.78 is 12.9. The highest BCUT2D eigenvalue weighted by molar-refractivity contribution is 5.76. The molecular weight excluding hydrogens is 414 g/mol. The first-order valence-corrected chi connectivity index (χ1v) is 11.4. The van der Waals surface area contributed by atoms with Gasteiger partial charge in [0.2, 0.25) is 6.79 Å². The van der Waals surface area contributed by atoms with Crippen LogP contribution in [-0.2, 0) is 6.54 Å². The van der Waals surface area contributed by atoms with Crippen LogP contribution in [0, 0.1) is 13.8 Å². The fourth-order valence-electron chi connectivity index (χ4n) is 4.80. The molecule has 6 rings (SSSR count). The second-order valence-electron chi connectivity index (χ2n) is 8.88. The number of aromatic nitrogens is 3. The quantitative estimate of drug-likeness (QED) is 0.476. The first-order chi connectivity index (χ1) is 16.1. The minimum absolute atomic E-state index is 0.315. The van der Waals surface area contributed by atoms with E-state index in [0.717, 1.165) is 61.3 Å². The first kappa shape index (κ1) is 20.1. The van der Waals surface area contributed by atoms with Gasteiger partial charge in [0.05, 0.1) is 5.69 Å². The number of hydrogen-bond acceptors (Lipinski definition) is 6. The van der Waals surface area contributed by atoms with Crippen molar-refractivity contribution in [2.24, 2.45) is 0 Å². The molecule has 0 atom stereocenters. The Bertz CT molecular complexity index is 1320. The molecule has 168 valence electrons. The van der Waals surface area contributed by atoms with E-state index in [-0.39, 0.29) is 0 Å². The highest BCUT2D eigenvalue weighted by Gasteiger charge is 2.22. The minimum atomic E-state index is 0.315. The van der Waals surface area contributed by atoms with E-state index in [9.17, 15) is 0 Å². The van der Waals surface area contributed by atoms with Gasteiger partial charge in [0.1, 0.15) is 5.52 Å². The lowest BCUT2D eigenvalue weighted by Gasteiger charge is -2.35. The first-order valence-electron chi connectivity index (χ1n) is 11.4. The molecule has 1 fully saturated rings. The molecule has 2 aliphatic rings. The molecule has 0 N–H and O–H groups in total. The van der Waals surface area contributed by atoms with Crippen molar-refractivity contribution < 1.29 is 9.47 Å². The van der Waals surface area contributed by atoms with Gasteiger partial charge in [-0.2, -0.15) is 5.10 Å². The predicted octanol–water partition coefficient (Wildman–Crippen LogP) is 4.06. The maximum absolute atomic E-state index is 5.53. The average Bonchev–Trinajstić information content (AvgIpc) is 3.46. The van der Waals surface area contributed by atoms with Gasteiger partial charge in [0.25, 0.3) is 0 Å². The molecule has 2 aromatic heterocycles. The zero-order valence-electron chi connectivity index (χ0n) is 19.0. The zero-order chi connectivity index (χ0) is 22.4. The molecule has 7 heteroatoms. The number of ether oxygens (including phenoxy) is 2. The monoisotopic (exact) mass is 441 g/mol. The van der Waals surface area contributed by atoms with Crippen LogP contribution >= 0.6 is 0 Å². The Kier molecular flexibility index (Phi) is 4.91. The molecule has 0 saturated carbocycles. The number of nitrogens with zero attached hydrogens (tertiary/aromatic N) is 5. The third-order valence-electron chi connectivity index (χ3n) is 6.54. The number of piperazine rings is 1. The van der Waals surface area contributed by atoms with Gasteiger partial charge in [-0.05, 0) is 43.2 Å². The molecule has 0 bridgehead atoms. The number of fused-ring (bicyclic) bond motifs is 2. The van der Waals surface area contributed by atoms with E-state index in [2.05, 4.69) is 60.0 Å². The molecule has 4 heterocycles. The van der Waals surface area contributed by atoms with Crippen LogP contribution in [0.25, 0.3) is 16.8 Å². The standard InChI is InChI=1S/C26H27N5O2/c1-18-3-5-21(19(2)13-18)22-15-23-26(27-7-8-31(23)28-22)30-11-9-29(10-12-30)16-20-4-6-24-25(14-20)33-17-32-24/h3-8,13-15H,9-12,16-17H2,1-2H3. The number of hydrogen-bond donors (Lipinski definition) is 0. The van der Waals surface area contributed by atoms with Crippen molar-refractivity contribution in [3.63, 3.8) is 0 Å². The molecule has 2 aromatic carbocycles. The van der Waals surface area contributed by atoms with Gasteiger partial charge in [-0.1, -0.05) is 29.8 Å². The summed E-state index contributed by atoms with van der Waals surface area (Å²) in [5.41, 5.74) is 6.97. The largest absolute Gasteiger partial charge is 0.454 e. The summed E-state index contributed by atoms with van der Waals surface area (Å²) in [7, 11) is 0. The van der Waals surface area contributed by atoms with Gasteiger partial charge >= 0.3 is 0 Å². The van der Waals surface area contributed by atoms with Gasteiger partial charge in [-0.15, -0.1) is 0 Å². The topological polar surface area (TPSA) is 55.1 Å². The Balaban J connectivity index is 1.19. The molecule has 33 heavy (non-hydrogen) atoms. The van der Waals surface area contributed by atoms with E-state index >= 15 is 0 Å². The van der Waals surface area contributed by atoms with Gasteiger partial charge in [-0.3, -0.25) is 4.90 Å². The second-order valence-corrected chi connectivity index (χ2v) is 8.88. The summed E-state index contributed by atoms with van der Waals surface area (Å²) >= 11 is 0. The van der Waals surface area contributed by atoms with Crippen LogP contribution in [0.3, 0.4) is 0 Å². The Morgan fingerprint density at radius 2 is 1.76 bits per heavy atom. The highest BCUT2D eigenvalue weighted by Crippen LogP contribution is 2.33. The predicted molar refractivity (Wildman–Crippen MR) is 128 cm³/mol. The molecule has 0 unspecified atom stereocenters. The van der Waals surface area contributed by atoms with Crippen LogP contribution in [0.1, 0.15) is 16.7 Å². The lowest BCUT2D eigenvalue weighted by Crippen LogP contribution is -2.46. The molecular formula is C26H27N5O2. The lowest BCUT2D eigenvalue weighted by molar-refractivity contribution is 0.174. The van der Waals surface area contributed by atoms with Crippen LogP contribution in [0.5, 0.6) is 11.5 Å². The summed E-state index contributed by atoms with van der Waals surface area (Å²) in [4.78, 5) is 9.59. The van der Waals surface area contributed by atoms with Crippen LogP contribution in [0.2, 0.25) is 0 Å². The van der Waals surface area contributed by atoms with Crippen LogP contribution in [-0.4, -0.2) is 52.5 Å². The van der Waals surface area contributed by atoms with Crippen LogP contribution < -0.4 is 14.4 Å². The van der Waals surface area contributed by atoms with E-state index in [1.165, 1.54) is 22.3 Å². The maximum atomic E-state index is 5.53. The fourth-order valence-corrected chi connectivity index (χ4v) is 4.80. The van der Waals surface area contributed by atoms with Crippen molar-refractivity contribution in [3.05, 3.63) is 71.5 Å². The summed E-state index contributed by atoms with van der Waals surface area (Å²) in [6, 6.07) is 14.9. The third-order valence-corrected chi connectivity index (χ3v) is 6.54. The number of anilines is 1. The Morgan fingerprint density at radius 1 is 0.909 bits per heavy atom. The fraction of sp³-hybridized carbons (Fsp3) is 0.308. The van der Waals surface area contributed by atoms with Crippen molar-refractivity contribution in [1.29, 1.82) is 0 Å². The SMILES string of the molecule is Cc1ccc(-c2cc3c(N4CCN(Cc5ccc6c(c5)OCO6)CC4)nccn3n2)c(C)c1. The second kappa shape index (κ2) is 8.08. The number of benzene rings is 2. The summed E-state index contributed by atoms with van der Waals surface area (Å²) in [6.07, 6.45) is 3.78. The molecule has 0 aliphatic carbocycles. The Morgan fingerprint density at radius 3 is 2.61 bits per heavy atom. The van der Waals surface area contributed by atoms with Crippen molar-refractivity contribution in [3.8, 4) is 22.8 Å². The summed E-state index contributed by atoms with van der Waals surface area (Å²) in [6.45, 7) is 9.31. The van der Waals surface area contributed by atoms with Gasteiger partial charge in [0, 0.05) is 50.7 Å². The van der Waals surface area contributed by atoms with Crippen molar-refractivity contribution in [2.75, 3.05) is 37.9 Å². The molecule has 1 saturated heterocycles. The summed E-state index contributed by atoms with van der Waals surface area (Å²) in [5.74, 6) is 2.69. The zero-order valence-corrected chi connectivity index (χ0v) is 19.0. The lowest BCUT2D eigenvalue weighted by atomic mass is 10.0. The molecule has 0 amide bonds. The molecule has 2 aliphatic heterocycles. The average molecular weight is 442 g/mol. The summed E-state index contributed by atoms with van der Waals surface area (Å²) in [5, 5.41) is 4.85. The smallest absolute Gasteiger partial charge is 0.231 e. The van der Waals surface area contributed by atoms with E-state index in [0.29, 0.717) is 6.79 Å². The molecule has 0 spiro atoms. The van der Waals surface area contributed by atoms with Crippen LogP contribution in [0.4, 0.5) is 5.82 Å². The van der Waals surface area contributed by atoms with E-state index in [1.807, 2.05) is 23.0 Å². The van der Waals surface area contributed by atoms with Crippen molar-refractivity contribution in [2.45, 2.75) is 20.4 Å². The molecule has 4 aromatic rings. The van der Waals surface area contributed by atoms with Crippen molar-refractivity contribution >= 4 is 11.3 Å². The van der Waals surface area contributed by atoms with E-state index in [1.54, 1.807) is 0 Å². The molecule has 7 nitrogen and oxygen atoms in total. The van der Waals surface area contributed by atoms with Gasteiger partial charge in [-0.25, -0.2) is 9.50 Å². The van der Waals surface area contributed by atoms with E-state index in [4.69, 9.17) is 19.6 Å². The Hall–Kier alpha value is -3.58. The van der Waals surface area contributed by atoms with Gasteiger partial charge < -0.3 is 14.4 Å². The van der Waals surface area contributed by atoms with Gasteiger partial charge in [0.15, 0.2) is 17.3 Å². The van der Waals surface area contributed by atoms with E-state index < -0.39 is 0 Å². The number of aryl methyl sites for hydroxylation is 2. The number of rotatable bonds is 4. The minimum Gasteiger partial charge on any atom is -0.454 e. The third kappa shape index (κ3) is 3.78. The van der Waals surface area contributed by atoms with Crippen molar-refractivity contribution in [1.82, 2.24) is 19.5 Å². The van der Waals surface area contributed by atoms with Crippen LogP contribution in [0.15, 0.2) is 54.9 Å².